The Labute approximate surface area is 113 Å². The number of amides is 1. The van der Waals surface area contributed by atoms with Crippen LogP contribution in [0.4, 0.5) is 14.5 Å². The van der Waals surface area contributed by atoms with Crippen molar-refractivity contribution in [2.24, 2.45) is 0 Å². The van der Waals surface area contributed by atoms with E-state index in [-0.39, 0.29) is 6.42 Å². The minimum atomic E-state index is -1.30. The molecule has 1 unspecified atom stereocenters. The van der Waals surface area contributed by atoms with Crippen molar-refractivity contribution < 1.29 is 18.5 Å². The average molecular weight is 283 g/mol. The molecule has 0 saturated heterocycles. The molecule has 8 heteroatoms. The standard InChI is InChI=1S/C12H11F2N3O3/c1-2-7(3-4-15)16-12(18)8-5-10(14)11(17(19)20)6-9(8)13/h5-7H,2-3H2,1H3,(H,16,18). The van der Waals surface area contributed by atoms with Crippen molar-refractivity contribution >= 4 is 11.6 Å². The fraction of sp³-hybridized carbons (Fsp3) is 0.333. The molecule has 0 saturated carbocycles. The number of hydrogen-bond donors (Lipinski definition) is 1. The third-order valence-electron chi connectivity index (χ3n) is 2.64. The van der Waals surface area contributed by atoms with Crippen molar-refractivity contribution in [3.63, 3.8) is 0 Å². The van der Waals surface area contributed by atoms with Gasteiger partial charge in [-0.15, -0.1) is 0 Å². The summed E-state index contributed by atoms with van der Waals surface area (Å²) in [4.78, 5) is 21.1. The monoisotopic (exact) mass is 283 g/mol. The van der Waals surface area contributed by atoms with Gasteiger partial charge in [-0.05, 0) is 12.5 Å². The second kappa shape index (κ2) is 6.56. The molecule has 1 aromatic carbocycles. The van der Waals surface area contributed by atoms with Gasteiger partial charge >= 0.3 is 5.69 Å². The van der Waals surface area contributed by atoms with Gasteiger partial charge in [0.1, 0.15) is 5.82 Å². The molecule has 6 nitrogen and oxygen atoms in total. The normalized spacial score (nSPS) is 11.5. The predicted molar refractivity (Wildman–Crippen MR) is 64.8 cm³/mol. The summed E-state index contributed by atoms with van der Waals surface area (Å²) in [5.74, 6) is -3.41. The number of nitro benzene ring substituents is 1. The van der Waals surface area contributed by atoms with Gasteiger partial charge < -0.3 is 5.32 Å². The van der Waals surface area contributed by atoms with Gasteiger partial charge in [-0.2, -0.15) is 9.65 Å². The highest BCUT2D eigenvalue weighted by Gasteiger charge is 2.23. The van der Waals surface area contributed by atoms with Gasteiger partial charge in [-0.25, -0.2) is 4.39 Å². The number of benzene rings is 1. The number of nitro groups is 1. The largest absolute Gasteiger partial charge is 0.348 e. The van der Waals surface area contributed by atoms with E-state index in [0.717, 1.165) is 0 Å². The van der Waals surface area contributed by atoms with Crippen molar-refractivity contribution in [1.29, 1.82) is 5.26 Å². The summed E-state index contributed by atoms with van der Waals surface area (Å²) in [6.07, 6.45) is 0.468. The maximum Gasteiger partial charge on any atom is 0.307 e. The molecule has 1 N–H and O–H groups in total. The van der Waals surface area contributed by atoms with Crippen molar-refractivity contribution in [3.8, 4) is 6.07 Å². The number of halogens is 2. The summed E-state index contributed by atoms with van der Waals surface area (Å²) >= 11 is 0. The summed E-state index contributed by atoms with van der Waals surface area (Å²) in [5.41, 5.74) is -1.67. The van der Waals surface area contributed by atoms with Gasteiger partial charge in [0, 0.05) is 6.04 Å². The summed E-state index contributed by atoms with van der Waals surface area (Å²) < 4.78 is 27.0. The van der Waals surface area contributed by atoms with Crippen molar-refractivity contribution in [2.45, 2.75) is 25.8 Å². The first-order chi connectivity index (χ1) is 9.40. The van der Waals surface area contributed by atoms with E-state index in [1.807, 2.05) is 6.07 Å². The minimum absolute atomic E-state index is 0.0271. The maximum atomic E-state index is 13.6. The Morgan fingerprint density at radius 1 is 1.50 bits per heavy atom. The lowest BCUT2D eigenvalue weighted by Gasteiger charge is -2.13. The van der Waals surface area contributed by atoms with Crippen LogP contribution in [-0.2, 0) is 0 Å². The zero-order chi connectivity index (χ0) is 15.3. The molecular weight excluding hydrogens is 272 g/mol. The molecule has 1 rings (SSSR count). The SMILES string of the molecule is CCC(CC#N)NC(=O)c1cc(F)c([N+](=O)[O-])cc1F. The molecule has 0 aliphatic rings. The number of nitrogens with zero attached hydrogens (tertiary/aromatic N) is 2. The Morgan fingerprint density at radius 2 is 2.15 bits per heavy atom. The summed E-state index contributed by atoms with van der Waals surface area (Å²) in [6, 6.07) is 2.19. The van der Waals surface area contributed by atoms with Crippen molar-refractivity contribution in [1.82, 2.24) is 5.32 Å². The molecule has 1 aromatic rings. The van der Waals surface area contributed by atoms with Gasteiger partial charge in [0.25, 0.3) is 5.91 Å². The number of carbonyl (C=O) groups excluding carboxylic acids is 1. The summed E-state index contributed by atoms with van der Waals surface area (Å²) in [7, 11) is 0. The molecular formula is C12H11F2N3O3. The number of carbonyl (C=O) groups is 1. The molecule has 106 valence electrons. The van der Waals surface area contributed by atoms with Crippen LogP contribution < -0.4 is 5.32 Å². The number of rotatable bonds is 5. The van der Waals surface area contributed by atoms with Gasteiger partial charge in [0.05, 0.1) is 29.0 Å². The first kappa shape index (κ1) is 15.5. The second-order valence-electron chi connectivity index (χ2n) is 3.98. The lowest BCUT2D eigenvalue weighted by Crippen LogP contribution is -2.34. The van der Waals surface area contributed by atoms with Crippen LogP contribution in [0.2, 0.25) is 0 Å². The van der Waals surface area contributed by atoms with Crippen LogP contribution in [0.25, 0.3) is 0 Å². The molecule has 0 heterocycles. The Kier molecular flexibility index (Phi) is 5.08. The number of nitrogens with one attached hydrogen (secondary N) is 1. The van der Waals surface area contributed by atoms with Crippen LogP contribution >= 0.6 is 0 Å². The first-order valence-corrected chi connectivity index (χ1v) is 5.71. The summed E-state index contributed by atoms with van der Waals surface area (Å²) in [5, 5.41) is 21.3. The topological polar surface area (TPSA) is 96.0 Å². The number of hydrogen-bond acceptors (Lipinski definition) is 4. The van der Waals surface area contributed by atoms with Crippen molar-refractivity contribution in [2.75, 3.05) is 0 Å². The van der Waals surface area contributed by atoms with Gasteiger partial charge in [-0.3, -0.25) is 14.9 Å². The van der Waals surface area contributed by atoms with Gasteiger partial charge in [0.2, 0.25) is 5.82 Å². The van der Waals surface area contributed by atoms with Crippen LogP contribution in [0.3, 0.4) is 0 Å². The maximum absolute atomic E-state index is 13.6. The molecule has 0 radical (unpaired) electrons. The first-order valence-electron chi connectivity index (χ1n) is 5.71. The zero-order valence-electron chi connectivity index (χ0n) is 10.5. The zero-order valence-corrected chi connectivity index (χ0v) is 10.5. The molecule has 0 aliphatic heterocycles. The fourth-order valence-electron chi connectivity index (χ4n) is 1.52. The fourth-order valence-corrected chi connectivity index (χ4v) is 1.52. The second-order valence-corrected chi connectivity index (χ2v) is 3.98. The van der Waals surface area contributed by atoms with Crippen LogP contribution in [0.5, 0.6) is 0 Å². The van der Waals surface area contributed by atoms with Crippen LogP contribution in [0.15, 0.2) is 12.1 Å². The molecule has 0 fully saturated rings. The quantitative estimate of drug-likeness (QED) is 0.662. The summed E-state index contributed by atoms with van der Waals surface area (Å²) in [6.45, 7) is 1.72. The molecule has 0 aromatic heterocycles. The van der Waals surface area contributed by atoms with E-state index in [1.54, 1.807) is 6.92 Å². The van der Waals surface area contributed by atoms with Gasteiger partial charge in [0.15, 0.2) is 0 Å². The lowest BCUT2D eigenvalue weighted by molar-refractivity contribution is -0.387. The highest BCUT2D eigenvalue weighted by Crippen LogP contribution is 2.21. The minimum Gasteiger partial charge on any atom is -0.348 e. The number of nitriles is 1. The Balaban J connectivity index is 3.03. The van der Waals surface area contributed by atoms with E-state index in [2.05, 4.69) is 5.32 Å². The van der Waals surface area contributed by atoms with E-state index in [4.69, 9.17) is 5.26 Å². The van der Waals surface area contributed by atoms with E-state index in [0.29, 0.717) is 18.6 Å². The van der Waals surface area contributed by atoms with Crippen molar-refractivity contribution in [3.05, 3.63) is 39.4 Å². The van der Waals surface area contributed by atoms with E-state index in [1.165, 1.54) is 0 Å². The van der Waals surface area contributed by atoms with E-state index >= 15 is 0 Å². The third-order valence-corrected chi connectivity index (χ3v) is 2.64. The Hall–Kier alpha value is -2.56. The molecule has 0 bridgehead atoms. The molecule has 0 aliphatic carbocycles. The Morgan fingerprint density at radius 3 is 2.65 bits per heavy atom. The molecule has 20 heavy (non-hydrogen) atoms. The molecule has 0 spiro atoms. The third kappa shape index (κ3) is 3.47. The van der Waals surface area contributed by atoms with E-state index < -0.39 is 39.8 Å². The van der Waals surface area contributed by atoms with E-state index in [9.17, 15) is 23.7 Å². The Bertz CT molecular complexity index is 584. The van der Waals surface area contributed by atoms with Crippen LogP contribution in [0, 0.1) is 33.1 Å². The molecule has 1 amide bonds. The lowest BCUT2D eigenvalue weighted by atomic mass is 10.1. The van der Waals surface area contributed by atoms with Crippen LogP contribution in [0.1, 0.15) is 30.1 Å². The molecule has 1 atom stereocenters. The predicted octanol–water partition coefficient (Wildman–Crippen LogP) is 2.30. The highest BCUT2D eigenvalue weighted by atomic mass is 19.1. The van der Waals surface area contributed by atoms with Gasteiger partial charge in [-0.1, -0.05) is 6.92 Å². The average Bonchev–Trinajstić information content (AvgIpc) is 2.39. The highest BCUT2D eigenvalue weighted by molar-refractivity contribution is 5.95. The van der Waals surface area contributed by atoms with Crippen LogP contribution in [-0.4, -0.2) is 16.9 Å². The smallest absolute Gasteiger partial charge is 0.307 e.